The number of aliphatic hydroxyl groups excluding tert-OH is 2. The van der Waals surface area contributed by atoms with E-state index in [9.17, 15) is 28.6 Å². The fraction of sp³-hybridized carbons (Fsp3) is 0.517. The van der Waals surface area contributed by atoms with Gasteiger partial charge < -0.3 is 25.7 Å². The van der Waals surface area contributed by atoms with Crippen LogP contribution in [0.1, 0.15) is 71.9 Å². The van der Waals surface area contributed by atoms with E-state index in [1.807, 2.05) is 20.8 Å². The van der Waals surface area contributed by atoms with Gasteiger partial charge in [0.05, 0.1) is 18.8 Å². The summed E-state index contributed by atoms with van der Waals surface area (Å²) < 4.78 is 27.7. The molecule has 0 saturated heterocycles. The van der Waals surface area contributed by atoms with E-state index in [2.05, 4.69) is 10.6 Å². The molecule has 3 atom stereocenters. The highest BCUT2D eigenvalue weighted by atomic mass is 19.1. The van der Waals surface area contributed by atoms with Crippen LogP contribution in [0, 0.1) is 18.6 Å². The Bertz CT molecular complexity index is 1040. The van der Waals surface area contributed by atoms with Gasteiger partial charge in [-0.3, -0.25) is 9.59 Å². The molecule has 2 amide bonds. The summed E-state index contributed by atoms with van der Waals surface area (Å²) in [6, 6.07) is 6.85. The zero-order chi connectivity index (χ0) is 28.2. The Morgan fingerprint density at radius 1 is 0.947 bits per heavy atom. The molecule has 0 heterocycles. The van der Waals surface area contributed by atoms with E-state index in [1.165, 1.54) is 6.07 Å². The lowest BCUT2D eigenvalue weighted by Crippen LogP contribution is -2.50. The number of rotatable bonds is 15. The van der Waals surface area contributed by atoms with Crippen molar-refractivity contribution >= 4 is 11.8 Å². The second-order valence-electron chi connectivity index (χ2n) is 9.71. The normalized spacial score (nSPS) is 13.6. The Morgan fingerprint density at radius 2 is 1.55 bits per heavy atom. The average molecular weight is 534 g/mol. The number of carbonyl (C=O) groups excluding carboxylic acids is 2. The van der Waals surface area contributed by atoms with Gasteiger partial charge >= 0.3 is 0 Å². The van der Waals surface area contributed by atoms with Gasteiger partial charge in [0.25, 0.3) is 11.8 Å². The minimum absolute atomic E-state index is 0.0302. The van der Waals surface area contributed by atoms with Crippen LogP contribution in [-0.4, -0.2) is 71.4 Å². The molecule has 210 valence electrons. The number of amides is 2. The smallest absolute Gasteiger partial charge is 0.253 e. The first-order valence-corrected chi connectivity index (χ1v) is 13.3. The van der Waals surface area contributed by atoms with E-state index < -0.39 is 29.7 Å². The molecular weight excluding hydrogens is 492 g/mol. The van der Waals surface area contributed by atoms with Crippen LogP contribution in [0.2, 0.25) is 0 Å². The van der Waals surface area contributed by atoms with Gasteiger partial charge in [-0.1, -0.05) is 20.8 Å². The molecule has 0 aliphatic carbocycles. The summed E-state index contributed by atoms with van der Waals surface area (Å²) in [5.41, 5.74) is 1.65. The van der Waals surface area contributed by atoms with Crippen LogP contribution >= 0.6 is 0 Å². The van der Waals surface area contributed by atoms with Crippen molar-refractivity contribution in [3.05, 3.63) is 70.3 Å². The molecule has 0 radical (unpaired) electrons. The lowest BCUT2D eigenvalue weighted by atomic mass is 9.99. The van der Waals surface area contributed by atoms with Crippen molar-refractivity contribution in [2.75, 3.05) is 26.2 Å². The number of hydrogen-bond donors (Lipinski definition) is 4. The van der Waals surface area contributed by atoms with E-state index >= 15 is 0 Å². The van der Waals surface area contributed by atoms with Gasteiger partial charge in [0.15, 0.2) is 0 Å². The Hall–Kier alpha value is -2.88. The number of aryl methyl sites for hydroxylation is 1. The highest BCUT2D eigenvalue weighted by Crippen LogP contribution is 2.16. The van der Waals surface area contributed by atoms with Crippen LogP contribution in [0.5, 0.6) is 0 Å². The second-order valence-corrected chi connectivity index (χ2v) is 9.71. The summed E-state index contributed by atoms with van der Waals surface area (Å²) in [5, 5.41) is 26.2. The summed E-state index contributed by atoms with van der Waals surface area (Å²) in [5.74, 6) is -2.18. The molecule has 38 heavy (non-hydrogen) atoms. The molecule has 0 aliphatic rings. The van der Waals surface area contributed by atoms with Gasteiger partial charge in [0, 0.05) is 42.9 Å². The minimum atomic E-state index is -1.12. The SMILES string of the molecule is CCCN(CCC)C(=O)c1cc(C)cc(C(=O)N[C@@H](Cc2cc(F)cc(F)c2)[C@H](O)CNC(CC)CO)c1. The van der Waals surface area contributed by atoms with Crippen molar-refractivity contribution in [3.8, 4) is 0 Å². The Balaban J connectivity index is 2.31. The van der Waals surface area contributed by atoms with E-state index in [-0.39, 0.29) is 42.6 Å². The first-order chi connectivity index (χ1) is 18.1. The van der Waals surface area contributed by atoms with E-state index in [0.29, 0.717) is 25.1 Å². The topological polar surface area (TPSA) is 102 Å². The van der Waals surface area contributed by atoms with Crippen molar-refractivity contribution < 1.29 is 28.6 Å². The molecule has 0 bridgehead atoms. The van der Waals surface area contributed by atoms with Crippen LogP contribution < -0.4 is 10.6 Å². The molecule has 0 spiro atoms. The zero-order valence-electron chi connectivity index (χ0n) is 22.8. The Morgan fingerprint density at radius 3 is 2.11 bits per heavy atom. The molecule has 2 aromatic rings. The average Bonchev–Trinajstić information content (AvgIpc) is 2.87. The van der Waals surface area contributed by atoms with Gasteiger partial charge in [0.1, 0.15) is 11.6 Å². The van der Waals surface area contributed by atoms with Crippen LogP contribution in [-0.2, 0) is 6.42 Å². The molecule has 0 saturated carbocycles. The van der Waals surface area contributed by atoms with Gasteiger partial charge in [-0.25, -0.2) is 8.78 Å². The van der Waals surface area contributed by atoms with Crippen LogP contribution in [0.3, 0.4) is 0 Å². The van der Waals surface area contributed by atoms with Crippen molar-refractivity contribution in [1.82, 2.24) is 15.5 Å². The summed E-state index contributed by atoms with van der Waals surface area (Å²) in [7, 11) is 0. The van der Waals surface area contributed by atoms with Crippen LogP contribution in [0.25, 0.3) is 0 Å². The maximum absolute atomic E-state index is 13.8. The third kappa shape index (κ3) is 9.45. The second kappa shape index (κ2) is 15.5. The first kappa shape index (κ1) is 31.3. The van der Waals surface area contributed by atoms with Gasteiger partial charge in [-0.2, -0.15) is 0 Å². The van der Waals surface area contributed by atoms with E-state index in [1.54, 1.807) is 24.0 Å². The van der Waals surface area contributed by atoms with E-state index in [4.69, 9.17) is 0 Å². The summed E-state index contributed by atoms with van der Waals surface area (Å²) in [4.78, 5) is 28.2. The Kier molecular flexibility index (Phi) is 12.8. The van der Waals surface area contributed by atoms with Gasteiger partial charge in [0.2, 0.25) is 0 Å². The number of benzene rings is 2. The first-order valence-electron chi connectivity index (χ1n) is 13.3. The Labute approximate surface area is 224 Å². The standard InChI is InChI=1S/C29H41F2N3O4/c1-5-8-34(9-6-2)29(38)22-11-19(4)10-21(15-22)28(37)33-26(27(36)17-32-25(7-3)18-35)14-20-12-23(30)16-24(31)13-20/h10-13,15-16,25-27,32,35-36H,5-9,14,17-18H2,1-4H3,(H,33,37)/t25?,26-,27+/m0/s1. The maximum atomic E-state index is 13.8. The molecule has 0 aliphatic heterocycles. The number of halogens is 2. The van der Waals surface area contributed by atoms with Crippen molar-refractivity contribution in [1.29, 1.82) is 0 Å². The summed E-state index contributed by atoms with van der Waals surface area (Å²) >= 11 is 0. The molecule has 0 aromatic heterocycles. The quantitative estimate of drug-likeness (QED) is 0.280. The molecular formula is C29H41F2N3O4. The van der Waals surface area contributed by atoms with E-state index in [0.717, 1.165) is 36.6 Å². The number of nitrogens with zero attached hydrogens (tertiary/aromatic N) is 1. The fourth-order valence-corrected chi connectivity index (χ4v) is 4.36. The van der Waals surface area contributed by atoms with Gasteiger partial charge in [-0.05, 0) is 74.1 Å². The molecule has 2 rings (SSSR count). The lowest BCUT2D eigenvalue weighted by molar-refractivity contribution is 0.0755. The van der Waals surface area contributed by atoms with Crippen LogP contribution in [0.4, 0.5) is 8.78 Å². The predicted octanol–water partition coefficient (Wildman–Crippen LogP) is 3.60. The lowest BCUT2D eigenvalue weighted by Gasteiger charge is -2.27. The molecule has 4 N–H and O–H groups in total. The number of carbonyl (C=O) groups is 2. The fourth-order valence-electron chi connectivity index (χ4n) is 4.36. The van der Waals surface area contributed by atoms with Gasteiger partial charge in [-0.15, -0.1) is 0 Å². The highest BCUT2D eigenvalue weighted by Gasteiger charge is 2.25. The molecule has 1 unspecified atom stereocenters. The number of nitrogens with one attached hydrogen (secondary N) is 2. The third-order valence-electron chi connectivity index (χ3n) is 6.35. The monoisotopic (exact) mass is 533 g/mol. The summed E-state index contributed by atoms with van der Waals surface area (Å²) in [6.45, 7) is 8.82. The molecule has 9 heteroatoms. The van der Waals surface area contributed by atoms with Crippen molar-refractivity contribution in [3.63, 3.8) is 0 Å². The summed E-state index contributed by atoms with van der Waals surface area (Å²) in [6.07, 6.45) is 1.10. The number of aliphatic hydroxyl groups is 2. The molecule has 7 nitrogen and oxygen atoms in total. The molecule has 2 aromatic carbocycles. The third-order valence-corrected chi connectivity index (χ3v) is 6.35. The van der Waals surface area contributed by atoms with Crippen molar-refractivity contribution in [2.45, 2.75) is 71.6 Å². The zero-order valence-corrected chi connectivity index (χ0v) is 22.8. The largest absolute Gasteiger partial charge is 0.395 e. The highest BCUT2D eigenvalue weighted by molar-refractivity contribution is 6.00. The minimum Gasteiger partial charge on any atom is -0.395 e. The van der Waals surface area contributed by atoms with Crippen LogP contribution in [0.15, 0.2) is 36.4 Å². The molecule has 0 fully saturated rings. The maximum Gasteiger partial charge on any atom is 0.253 e. The predicted molar refractivity (Wildman–Crippen MR) is 144 cm³/mol. The number of hydrogen-bond acceptors (Lipinski definition) is 5. The van der Waals surface area contributed by atoms with Crippen molar-refractivity contribution in [2.24, 2.45) is 0 Å².